The van der Waals surface area contributed by atoms with E-state index in [4.69, 9.17) is 10.5 Å². The lowest BCUT2D eigenvalue weighted by molar-refractivity contribution is -0.121. The Hall–Kier alpha value is -5.47. The molecule has 0 aliphatic carbocycles. The number of rotatable bonds is 62. The fourth-order valence-electron chi connectivity index (χ4n) is 7.70. The summed E-state index contributed by atoms with van der Waals surface area (Å²) in [4.78, 5) is 57.7. The average Bonchev–Trinajstić information content (AvgIpc) is 1.08. The Morgan fingerprint density at radius 3 is 0.689 bits per heavy atom. The van der Waals surface area contributed by atoms with Gasteiger partial charge in [-0.05, 0) is 156 Å². The molecule has 0 rings (SSSR count). The van der Waals surface area contributed by atoms with E-state index >= 15 is 0 Å². The van der Waals surface area contributed by atoms with Gasteiger partial charge in [-0.2, -0.15) is 0 Å². The Morgan fingerprint density at radius 1 is 0.291 bits per heavy atom. The SMILES string of the molecule is CC/C=C\C/C=C\C/C=C\C/C=C\C/C=C\C/C=C\CCC(=O)NCCSSCCN.CC/C=C\C/C=C\C/C=C\C/C=C\C/C=C\C/C=C\CCC(=O)NCCSSCCNC(=O)OC(C)(C)C.CC/C=C\C/C=C\C/C=C\C/C=C\C/C=C\C/C=C\CCC(=O)NCCSSCCNC(C)=O. The summed E-state index contributed by atoms with van der Waals surface area (Å²) in [5, 5.41) is 14.3. The van der Waals surface area contributed by atoms with Crippen molar-refractivity contribution in [3.8, 4) is 0 Å². The van der Waals surface area contributed by atoms with Gasteiger partial charge in [0, 0.05) is 100.0 Å². The molecule has 0 aromatic carbocycles. The average molecular weight is 1530 g/mol. The van der Waals surface area contributed by atoms with Crippen LogP contribution in [0.15, 0.2) is 219 Å². The normalized spacial score (nSPS) is 12.6. The van der Waals surface area contributed by atoms with E-state index in [1.807, 2.05) is 20.8 Å². The maximum atomic E-state index is 11.9. The highest BCUT2D eigenvalue weighted by molar-refractivity contribution is 8.77. The fourth-order valence-corrected chi connectivity index (χ4v) is 13.1. The minimum absolute atomic E-state index is 0.00442. The lowest BCUT2D eigenvalue weighted by Gasteiger charge is -2.19. The highest BCUT2D eigenvalue weighted by Gasteiger charge is 2.15. The zero-order valence-electron chi connectivity index (χ0n) is 64.2. The van der Waals surface area contributed by atoms with Crippen LogP contribution in [0.5, 0.6) is 0 Å². The Labute approximate surface area is 651 Å². The van der Waals surface area contributed by atoms with Gasteiger partial charge in [0.1, 0.15) is 5.60 Å². The molecule has 0 bridgehead atoms. The smallest absolute Gasteiger partial charge is 0.407 e. The van der Waals surface area contributed by atoms with Gasteiger partial charge in [0.2, 0.25) is 23.6 Å². The number of hydrogen-bond acceptors (Lipinski definition) is 13. The molecule has 0 fully saturated rings. The van der Waals surface area contributed by atoms with Gasteiger partial charge in [0.15, 0.2) is 0 Å². The summed E-state index contributed by atoms with van der Waals surface area (Å²) >= 11 is 0. The molecule has 103 heavy (non-hydrogen) atoms. The van der Waals surface area contributed by atoms with Gasteiger partial charge in [-0.1, -0.05) is 304 Å². The second-order valence-electron chi connectivity index (χ2n) is 23.5. The maximum absolute atomic E-state index is 11.9. The molecular formula is C85H136N6O6S6. The van der Waals surface area contributed by atoms with Crippen LogP contribution in [0.2, 0.25) is 0 Å². The number of ether oxygens (including phenoxy) is 1. The van der Waals surface area contributed by atoms with Crippen molar-refractivity contribution >= 4 is 94.5 Å². The molecule has 0 saturated heterocycles. The first-order chi connectivity index (χ1) is 50.3. The zero-order chi connectivity index (χ0) is 75.8. The van der Waals surface area contributed by atoms with Gasteiger partial charge in [-0.15, -0.1) is 0 Å². The van der Waals surface area contributed by atoms with Crippen LogP contribution in [-0.4, -0.2) is 109 Å². The molecule has 0 aliphatic heterocycles. The third-order valence-corrected chi connectivity index (χ3v) is 20.0. The van der Waals surface area contributed by atoms with E-state index in [9.17, 15) is 24.0 Å². The van der Waals surface area contributed by atoms with Crippen molar-refractivity contribution in [3.05, 3.63) is 219 Å². The molecule has 0 aromatic heterocycles. The summed E-state index contributed by atoms with van der Waals surface area (Å²) in [5.74, 6) is 5.58. The van der Waals surface area contributed by atoms with Gasteiger partial charge < -0.3 is 37.1 Å². The van der Waals surface area contributed by atoms with E-state index in [-0.39, 0.29) is 29.7 Å². The topological polar surface area (TPSA) is 181 Å². The first kappa shape index (κ1) is 102. The summed E-state index contributed by atoms with van der Waals surface area (Å²) in [5.41, 5.74) is 4.95. The van der Waals surface area contributed by atoms with Crippen molar-refractivity contribution < 1.29 is 28.7 Å². The van der Waals surface area contributed by atoms with Crippen molar-refractivity contribution in [2.75, 3.05) is 73.8 Å². The van der Waals surface area contributed by atoms with Crippen LogP contribution in [0.3, 0.4) is 0 Å². The molecule has 0 radical (unpaired) electrons. The van der Waals surface area contributed by atoms with Crippen molar-refractivity contribution in [3.63, 3.8) is 0 Å². The maximum Gasteiger partial charge on any atom is 0.407 e. The monoisotopic (exact) mass is 1530 g/mol. The minimum Gasteiger partial charge on any atom is -0.444 e. The predicted octanol–water partition coefficient (Wildman–Crippen LogP) is 22.5. The lowest BCUT2D eigenvalue weighted by atomic mass is 10.2. The van der Waals surface area contributed by atoms with Crippen LogP contribution in [0.4, 0.5) is 4.79 Å². The summed E-state index contributed by atoms with van der Waals surface area (Å²) in [6.45, 7) is 17.5. The molecule has 578 valence electrons. The van der Waals surface area contributed by atoms with Crippen molar-refractivity contribution in [1.82, 2.24) is 26.6 Å². The summed E-state index contributed by atoms with van der Waals surface area (Å²) < 4.78 is 5.18. The van der Waals surface area contributed by atoms with E-state index in [0.29, 0.717) is 52.0 Å². The van der Waals surface area contributed by atoms with E-state index < -0.39 is 5.60 Å². The number of nitrogens with two attached hydrogens (primary N) is 1. The molecule has 0 saturated carbocycles. The summed E-state index contributed by atoms with van der Waals surface area (Å²) in [6.07, 6.45) is 100. The number of amides is 5. The fraction of sp³-hybridized carbons (Fsp3) is 0.518. The molecule has 7 N–H and O–H groups in total. The molecule has 0 aromatic rings. The second kappa shape index (κ2) is 88.9. The van der Waals surface area contributed by atoms with Crippen molar-refractivity contribution in [2.45, 2.75) is 208 Å². The highest BCUT2D eigenvalue weighted by Crippen LogP contribution is 2.21. The third-order valence-electron chi connectivity index (χ3n) is 12.8. The Morgan fingerprint density at radius 2 is 0.485 bits per heavy atom. The summed E-state index contributed by atoms with van der Waals surface area (Å²) in [6, 6.07) is 0. The van der Waals surface area contributed by atoms with E-state index in [0.717, 1.165) is 176 Å². The molecule has 0 heterocycles. The first-order valence-electron chi connectivity index (χ1n) is 37.5. The largest absolute Gasteiger partial charge is 0.444 e. The molecule has 18 heteroatoms. The van der Waals surface area contributed by atoms with Crippen LogP contribution in [0.25, 0.3) is 0 Å². The second-order valence-corrected chi connectivity index (χ2v) is 31.6. The standard InChI is InChI=1S/C31H50N2O3S2.C28H44N2O2S2.C26H42N2OS2/c1-5-6-7-8-9-10-11-12-13-14-15-16-17-18-19-20-21-22-23-24-29(34)32-25-27-37-38-28-26-33-30(35)36-31(2,3)4;1-3-4-5-6-7-8-9-10-11-12-13-14-15-16-17-18-19-20-21-22-28(32)30-24-26-34-33-25-23-29-27(2)31;1-2-3-4-5-6-7-8-9-10-11-12-13-14-15-16-17-18-19-20-21-26(29)28-23-25-31-30-24-22-27/h6-7,9-10,12-13,15-16,18-19,21-22H,5,8,11,14,17,20,23-28H2,1-4H3,(H,32,34)(H,33,35);4-5,7-8,10-11,13-14,16-17,19-20H,3,6,9,12,15,18,21-26H2,1-2H3,(H,29,31)(H,30,32);3-4,6-7,9-10,12-13,15-16,18-19H,2,5,8,11,14,17,20-25,27H2,1H3,(H,28,29)/b7-6-,10-9-,13-12-,16-15-,19-18-,22-21-;5-4-,8-7-,11-10-,14-13-,17-16-,20-19-;4-3-,7-6-,10-9-,13-12-,16-15-,19-18-. The number of allylic oxidation sites excluding steroid dienone is 36. The van der Waals surface area contributed by atoms with Gasteiger partial charge in [-0.25, -0.2) is 4.79 Å². The molecule has 0 aliphatic rings. The van der Waals surface area contributed by atoms with Crippen LogP contribution >= 0.6 is 64.8 Å². The van der Waals surface area contributed by atoms with E-state index in [2.05, 4.69) is 266 Å². The Bertz CT molecular complexity index is 2590. The zero-order valence-corrected chi connectivity index (χ0v) is 69.1. The number of nitrogens with one attached hydrogen (secondary N) is 5. The Kier molecular flexibility index (Phi) is 87.8. The Balaban J connectivity index is -0.00000146. The van der Waals surface area contributed by atoms with Crippen LogP contribution < -0.4 is 32.3 Å². The van der Waals surface area contributed by atoms with Gasteiger partial charge in [-0.3, -0.25) is 19.2 Å². The van der Waals surface area contributed by atoms with Crippen molar-refractivity contribution in [1.29, 1.82) is 0 Å². The van der Waals surface area contributed by atoms with Gasteiger partial charge in [0.25, 0.3) is 0 Å². The first-order valence-corrected chi connectivity index (χ1v) is 44.9. The molecule has 5 amide bonds. The molecule has 12 nitrogen and oxygen atoms in total. The molecule has 0 unspecified atom stereocenters. The molecular weight excluding hydrogens is 1390 g/mol. The lowest BCUT2D eigenvalue weighted by Crippen LogP contribution is -2.33. The van der Waals surface area contributed by atoms with Gasteiger partial charge >= 0.3 is 6.09 Å². The number of alkyl carbamates (subject to hydrolysis) is 1. The van der Waals surface area contributed by atoms with Crippen molar-refractivity contribution in [2.24, 2.45) is 5.73 Å². The number of carbonyl (C=O) groups excluding carboxylic acids is 5. The summed E-state index contributed by atoms with van der Waals surface area (Å²) in [7, 11) is 10.3. The van der Waals surface area contributed by atoms with E-state index in [1.54, 1.807) is 64.8 Å². The van der Waals surface area contributed by atoms with Gasteiger partial charge in [0.05, 0.1) is 0 Å². The molecule has 0 atom stereocenters. The quantitative estimate of drug-likeness (QED) is 0.0193. The highest BCUT2D eigenvalue weighted by atomic mass is 33.1. The molecule has 0 spiro atoms. The van der Waals surface area contributed by atoms with Crippen LogP contribution in [0, 0.1) is 0 Å². The van der Waals surface area contributed by atoms with Crippen LogP contribution in [-0.2, 0) is 23.9 Å². The predicted molar refractivity (Wildman–Crippen MR) is 468 cm³/mol. The third kappa shape index (κ3) is 101. The number of hydrogen-bond donors (Lipinski definition) is 6. The van der Waals surface area contributed by atoms with E-state index in [1.165, 1.54) is 6.92 Å². The van der Waals surface area contributed by atoms with Crippen LogP contribution in [0.1, 0.15) is 203 Å². The number of carbonyl (C=O) groups is 5. The minimum atomic E-state index is -0.476.